The van der Waals surface area contributed by atoms with Crippen molar-refractivity contribution in [2.24, 2.45) is 5.92 Å². The number of hydrogen-bond acceptors (Lipinski definition) is 3. The Hall–Kier alpha value is -1.39. The summed E-state index contributed by atoms with van der Waals surface area (Å²) in [6.45, 7) is 0. The fraction of sp³-hybridized carbons (Fsp3) is 0.286. The van der Waals surface area contributed by atoms with Crippen molar-refractivity contribution in [3.05, 3.63) is 51.4 Å². The number of aromatic nitrogens is 1. The van der Waals surface area contributed by atoms with Crippen molar-refractivity contribution in [2.75, 3.05) is 0 Å². The van der Waals surface area contributed by atoms with Gasteiger partial charge in [-0.05, 0) is 36.5 Å². The van der Waals surface area contributed by atoms with Gasteiger partial charge >= 0.3 is 0 Å². The lowest BCUT2D eigenvalue weighted by Crippen LogP contribution is -2.30. The molecule has 1 aliphatic rings. The van der Waals surface area contributed by atoms with Crippen LogP contribution in [0.2, 0.25) is 5.02 Å². The summed E-state index contributed by atoms with van der Waals surface area (Å²) in [6, 6.07) is 7.74. The first kappa shape index (κ1) is 12.6. The summed E-state index contributed by atoms with van der Waals surface area (Å²) in [4.78, 5) is 16.1. The number of nitrogens with one attached hydrogen (secondary N) is 1. The SMILES string of the molecule is O=C(N[C@H](c1ccc(Cl)cc1)C1CC1)c1cscn1. The molecule has 1 aromatic carbocycles. The Morgan fingerprint density at radius 3 is 2.68 bits per heavy atom. The standard InChI is InChI=1S/C14H13ClN2OS/c15-11-5-3-10(4-6-11)13(9-1-2-9)17-14(18)12-7-19-8-16-12/h3-9,13H,1-2H2,(H,17,18)/t13-/m0/s1. The highest BCUT2D eigenvalue weighted by molar-refractivity contribution is 7.07. The molecule has 1 atom stereocenters. The van der Waals surface area contributed by atoms with Crippen molar-refractivity contribution >= 4 is 28.8 Å². The van der Waals surface area contributed by atoms with Gasteiger partial charge in [0.1, 0.15) is 5.69 Å². The number of halogens is 1. The van der Waals surface area contributed by atoms with E-state index in [9.17, 15) is 4.79 Å². The van der Waals surface area contributed by atoms with E-state index in [-0.39, 0.29) is 11.9 Å². The van der Waals surface area contributed by atoms with Crippen LogP contribution in [0.15, 0.2) is 35.2 Å². The van der Waals surface area contributed by atoms with Crippen LogP contribution in [0, 0.1) is 5.92 Å². The molecule has 1 fully saturated rings. The predicted octanol–water partition coefficient (Wildman–Crippen LogP) is 3.68. The first-order chi connectivity index (χ1) is 9.24. The van der Waals surface area contributed by atoms with E-state index in [0.717, 1.165) is 18.4 Å². The molecule has 0 saturated heterocycles. The van der Waals surface area contributed by atoms with Crippen LogP contribution in [0.4, 0.5) is 0 Å². The molecule has 98 valence electrons. The molecular formula is C14H13ClN2OS. The number of amides is 1. The number of rotatable bonds is 4. The number of thiazole rings is 1. The molecule has 1 saturated carbocycles. The van der Waals surface area contributed by atoms with E-state index in [2.05, 4.69) is 10.3 Å². The van der Waals surface area contributed by atoms with Gasteiger partial charge in [-0.1, -0.05) is 23.7 Å². The third-order valence-electron chi connectivity index (χ3n) is 3.27. The third-order valence-corrected chi connectivity index (χ3v) is 4.11. The van der Waals surface area contributed by atoms with Gasteiger partial charge in [-0.25, -0.2) is 4.98 Å². The summed E-state index contributed by atoms with van der Waals surface area (Å²) in [6.07, 6.45) is 2.31. The van der Waals surface area contributed by atoms with Gasteiger partial charge in [0.15, 0.2) is 0 Å². The minimum Gasteiger partial charge on any atom is -0.344 e. The lowest BCUT2D eigenvalue weighted by molar-refractivity contribution is 0.0927. The minimum absolute atomic E-state index is 0.0615. The van der Waals surface area contributed by atoms with E-state index in [1.165, 1.54) is 11.3 Å². The Labute approximate surface area is 120 Å². The Balaban J connectivity index is 1.78. The molecule has 0 unspecified atom stereocenters. The van der Waals surface area contributed by atoms with E-state index in [4.69, 9.17) is 11.6 Å². The molecule has 1 amide bonds. The van der Waals surface area contributed by atoms with Gasteiger partial charge in [0.2, 0.25) is 0 Å². The van der Waals surface area contributed by atoms with Crippen LogP contribution in [-0.2, 0) is 0 Å². The van der Waals surface area contributed by atoms with Crippen LogP contribution in [0.1, 0.15) is 34.9 Å². The second kappa shape index (κ2) is 5.31. The topological polar surface area (TPSA) is 42.0 Å². The van der Waals surface area contributed by atoms with Gasteiger partial charge in [0.25, 0.3) is 5.91 Å². The highest BCUT2D eigenvalue weighted by atomic mass is 35.5. The van der Waals surface area contributed by atoms with Gasteiger partial charge in [-0.2, -0.15) is 0 Å². The van der Waals surface area contributed by atoms with Crippen LogP contribution in [0.25, 0.3) is 0 Å². The van der Waals surface area contributed by atoms with Gasteiger partial charge in [0, 0.05) is 10.4 Å². The van der Waals surface area contributed by atoms with Gasteiger partial charge < -0.3 is 5.32 Å². The summed E-state index contributed by atoms with van der Waals surface area (Å²) in [5.74, 6) is 0.428. The smallest absolute Gasteiger partial charge is 0.271 e. The van der Waals surface area contributed by atoms with Crippen molar-refractivity contribution < 1.29 is 4.79 Å². The molecular weight excluding hydrogens is 280 g/mol. The molecule has 1 heterocycles. The highest BCUT2D eigenvalue weighted by Crippen LogP contribution is 2.41. The summed E-state index contributed by atoms with van der Waals surface area (Å²) in [5, 5.41) is 5.56. The Kier molecular flexibility index (Phi) is 3.53. The lowest BCUT2D eigenvalue weighted by atomic mass is 10.0. The zero-order valence-electron chi connectivity index (χ0n) is 10.2. The molecule has 2 aromatic rings. The average Bonchev–Trinajstić information content (AvgIpc) is 3.10. The monoisotopic (exact) mass is 292 g/mol. The quantitative estimate of drug-likeness (QED) is 0.934. The number of carbonyl (C=O) groups excluding carboxylic acids is 1. The van der Waals surface area contributed by atoms with E-state index in [0.29, 0.717) is 16.6 Å². The second-order valence-electron chi connectivity index (χ2n) is 4.71. The molecule has 0 bridgehead atoms. The van der Waals surface area contributed by atoms with Crippen LogP contribution in [0.5, 0.6) is 0 Å². The van der Waals surface area contributed by atoms with Crippen molar-refractivity contribution in [3.8, 4) is 0 Å². The zero-order valence-corrected chi connectivity index (χ0v) is 11.7. The number of hydrogen-bond donors (Lipinski definition) is 1. The van der Waals surface area contributed by atoms with E-state index in [1.54, 1.807) is 10.9 Å². The van der Waals surface area contributed by atoms with Crippen LogP contribution in [0.3, 0.4) is 0 Å². The highest BCUT2D eigenvalue weighted by Gasteiger charge is 2.33. The fourth-order valence-electron chi connectivity index (χ4n) is 2.11. The van der Waals surface area contributed by atoms with Gasteiger partial charge in [-0.15, -0.1) is 11.3 Å². The predicted molar refractivity (Wildman–Crippen MR) is 76.5 cm³/mol. The van der Waals surface area contributed by atoms with E-state index in [1.807, 2.05) is 24.3 Å². The van der Waals surface area contributed by atoms with E-state index >= 15 is 0 Å². The Bertz CT molecular complexity index is 564. The van der Waals surface area contributed by atoms with Crippen molar-refractivity contribution in [1.29, 1.82) is 0 Å². The van der Waals surface area contributed by atoms with Gasteiger partial charge in [0.05, 0.1) is 11.6 Å². The molecule has 0 aliphatic heterocycles. The number of nitrogens with zero attached hydrogens (tertiary/aromatic N) is 1. The fourth-order valence-corrected chi connectivity index (χ4v) is 2.77. The molecule has 1 aromatic heterocycles. The maximum Gasteiger partial charge on any atom is 0.271 e. The normalized spacial score (nSPS) is 16.1. The molecule has 1 aliphatic carbocycles. The maximum atomic E-state index is 12.1. The number of carbonyl (C=O) groups is 1. The van der Waals surface area contributed by atoms with Crippen molar-refractivity contribution in [1.82, 2.24) is 10.3 Å². The maximum absolute atomic E-state index is 12.1. The molecule has 3 rings (SSSR count). The number of benzene rings is 1. The average molecular weight is 293 g/mol. The Morgan fingerprint density at radius 2 is 2.11 bits per heavy atom. The van der Waals surface area contributed by atoms with Gasteiger partial charge in [-0.3, -0.25) is 4.79 Å². The van der Waals surface area contributed by atoms with Crippen LogP contribution < -0.4 is 5.32 Å². The largest absolute Gasteiger partial charge is 0.344 e. The minimum atomic E-state index is -0.104. The first-order valence-corrected chi connectivity index (χ1v) is 7.50. The zero-order chi connectivity index (χ0) is 13.2. The second-order valence-corrected chi connectivity index (χ2v) is 5.87. The molecule has 0 radical (unpaired) electrons. The van der Waals surface area contributed by atoms with E-state index < -0.39 is 0 Å². The summed E-state index contributed by atoms with van der Waals surface area (Å²) in [7, 11) is 0. The molecule has 0 spiro atoms. The lowest BCUT2D eigenvalue weighted by Gasteiger charge is -2.18. The van der Waals surface area contributed by atoms with Crippen molar-refractivity contribution in [2.45, 2.75) is 18.9 Å². The summed E-state index contributed by atoms with van der Waals surface area (Å²) >= 11 is 7.33. The third kappa shape index (κ3) is 2.96. The molecule has 3 nitrogen and oxygen atoms in total. The molecule has 5 heteroatoms. The molecule has 1 N–H and O–H groups in total. The molecule has 19 heavy (non-hydrogen) atoms. The van der Waals surface area contributed by atoms with Crippen LogP contribution in [-0.4, -0.2) is 10.9 Å². The summed E-state index contributed by atoms with van der Waals surface area (Å²) < 4.78 is 0. The van der Waals surface area contributed by atoms with Crippen molar-refractivity contribution in [3.63, 3.8) is 0 Å². The summed E-state index contributed by atoms with van der Waals surface area (Å²) in [5.41, 5.74) is 3.27. The Morgan fingerprint density at radius 1 is 1.37 bits per heavy atom. The first-order valence-electron chi connectivity index (χ1n) is 6.18. The van der Waals surface area contributed by atoms with Crippen LogP contribution >= 0.6 is 22.9 Å².